The number of nitrogens with zero attached hydrogens (tertiary/aromatic N) is 1. The summed E-state index contributed by atoms with van der Waals surface area (Å²) in [5, 5.41) is 3.00. The summed E-state index contributed by atoms with van der Waals surface area (Å²) in [4.78, 5) is 28.8. The maximum Gasteiger partial charge on any atom is 0.339 e. The van der Waals surface area contributed by atoms with Gasteiger partial charge in [-0.3, -0.25) is 4.79 Å². The van der Waals surface area contributed by atoms with E-state index < -0.39 is 18.5 Å². The van der Waals surface area contributed by atoms with Crippen LogP contribution in [-0.2, 0) is 14.3 Å². The van der Waals surface area contributed by atoms with Gasteiger partial charge >= 0.3 is 5.97 Å². The first kappa shape index (κ1) is 21.1. The third kappa shape index (κ3) is 5.93. The van der Waals surface area contributed by atoms with Crippen LogP contribution in [0.3, 0.4) is 0 Å². The molecule has 0 aliphatic carbocycles. The largest absolute Gasteiger partial charge is 0.497 e. The Morgan fingerprint density at radius 1 is 1.07 bits per heavy atom. The zero-order valence-electron chi connectivity index (χ0n) is 16.2. The Hall–Kier alpha value is -3.64. The maximum absolute atomic E-state index is 12.8. The molecule has 0 fully saturated rings. The highest BCUT2D eigenvalue weighted by atomic mass is 35.5. The van der Waals surface area contributed by atoms with Crippen LogP contribution in [0.25, 0.3) is 11.6 Å². The minimum Gasteiger partial charge on any atom is -0.497 e. The fourth-order valence-corrected chi connectivity index (χ4v) is 2.73. The van der Waals surface area contributed by atoms with E-state index in [1.54, 1.807) is 43.5 Å². The third-order valence-corrected chi connectivity index (χ3v) is 4.26. The van der Waals surface area contributed by atoms with Gasteiger partial charge < -0.3 is 14.8 Å². The molecule has 0 atom stereocenters. The van der Waals surface area contributed by atoms with E-state index >= 15 is 0 Å². The molecule has 1 amide bonds. The number of hydrogen-bond donors (Lipinski definition) is 1. The van der Waals surface area contributed by atoms with Crippen molar-refractivity contribution in [1.29, 1.82) is 0 Å². The Labute approximate surface area is 179 Å². The Morgan fingerprint density at radius 3 is 2.57 bits per heavy atom. The van der Waals surface area contributed by atoms with Crippen molar-refractivity contribution in [3.63, 3.8) is 0 Å². The van der Waals surface area contributed by atoms with Crippen molar-refractivity contribution in [3.05, 3.63) is 89.1 Å². The van der Waals surface area contributed by atoms with Crippen molar-refractivity contribution in [2.45, 2.75) is 0 Å². The minimum absolute atomic E-state index is 0.315. The topological polar surface area (TPSA) is 77.5 Å². The quantitative estimate of drug-likeness (QED) is 0.345. The number of esters is 1. The summed E-state index contributed by atoms with van der Waals surface area (Å²) in [5.41, 5.74) is 1.76. The van der Waals surface area contributed by atoms with Crippen molar-refractivity contribution >= 4 is 40.9 Å². The normalized spacial score (nSPS) is 10.9. The zero-order chi connectivity index (χ0) is 21.3. The average molecular weight is 423 g/mol. The smallest absolute Gasteiger partial charge is 0.339 e. The first-order chi connectivity index (χ1) is 14.5. The molecule has 1 heterocycles. The molecule has 3 aromatic rings. The van der Waals surface area contributed by atoms with Crippen molar-refractivity contribution in [2.24, 2.45) is 0 Å². The second-order valence-corrected chi connectivity index (χ2v) is 6.62. The number of halogens is 1. The van der Waals surface area contributed by atoms with Crippen LogP contribution in [0.5, 0.6) is 5.75 Å². The minimum atomic E-state index is -0.622. The van der Waals surface area contributed by atoms with E-state index in [4.69, 9.17) is 21.1 Å². The number of carbonyl (C=O) groups is 2. The molecule has 0 unspecified atom stereocenters. The van der Waals surface area contributed by atoms with E-state index in [2.05, 4.69) is 10.3 Å². The lowest BCUT2D eigenvalue weighted by Gasteiger charge is -2.10. The molecule has 3 rings (SSSR count). The van der Waals surface area contributed by atoms with Crippen LogP contribution in [0.2, 0.25) is 5.02 Å². The fourth-order valence-electron chi connectivity index (χ4n) is 2.61. The van der Waals surface area contributed by atoms with Crippen molar-refractivity contribution < 1.29 is 19.1 Å². The number of carbonyl (C=O) groups excluding carboxylic acids is 2. The van der Waals surface area contributed by atoms with E-state index in [0.717, 1.165) is 5.56 Å². The molecule has 0 aliphatic heterocycles. The summed E-state index contributed by atoms with van der Waals surface area (Å²) in [6, 6.07) is 19.5. The fraction of sp³-hybridized carbons (Fsp3) is 0.0870. The molecule has 0 bridgehead atoms. The predicted octanol–water partition coefficient (Wildman–Crippen LogP) is 4.47. The number of benzene rings is 2. The first-order valence-corrected chi connectivity index (χ1v) is 9.42. The van der Waals surface area contributed by atoms with Crippen LogP contribution in [0.4, 0.5) is 5.82 Å². The second-order valence-electron chi connectivity index (χ2n) is 6.19. The number of hydrogen-bond acceptors (Lipinski definition) is 5. The Morgan fingerprint density at radius 2 is 1.87 bits per heavy atom. The number of anilines is 1. The highest BCUT2D eigenvalue weighted by molar-refractivity contribution is 6.30. The van der Waals surface area contributed by atoms with Gasteiger partial charge in [0.15, 0.2) is 6.61 Å². The van der Waals surface area contributed by atoms with Crippen molar-refractivity contribution in [2.75, 3.05) is 19.0 Å². The molecule has 152 valence electrons. The lowest BCUT2D eigenvalue weighted by Crippen LogP contribution is -2.21. The molecule has 0 spiro atoms. The van der Waals surface area contributed by atoms with Gasteiger partial charge in [0.1, 0.15) is 11.6 Å². The molecular weight excluding hydrogens is 404 g/mol. The van der Waals surface area contributed by atoms with Crippen LogP contribution in [0, 0.1) is 0 Å². The number of amides is 1. The van der Waals surface area contributed by atoms with E-state index in [1.165, 1.54) is 6.20 Å². The average Bonchev–Trinajstić information content (AvgIpc) is 2.78. The second kappa shape index (κ2) is 10.2. The van der Waals surface area contributed by atoms with Gasteiger partial charge in [0.2, 0.25) is 0 Å². The Balaban J connectivity index is 1.74. The molecule has 0 saturated heterocycles. The van der Waals surface area contributed by atoms with Gasteiger partial charge in [-0.05, 0) is 41.5 Å². The van der Waals surface area contributed by atoms with Crippen LogP contribution in [0.15, 0.2) is 72.9 Å². The lowest BCUT2D eigenvalue weighted by molar-refractivity contribution is -0.141. The lowest BCUT2D eigenvalue weighted by atomic mass is 10.0. The van der Waals surface area contributed by atoms with E-state index in [0.29, 0.717) is 27.7 Å². The summed E-state index contributed by atoms with van der Waals surface area (Å²) < 4.78 is 10.5. The molecule has 0 aliphatic rings. The molecule has 1 N–H and O–H groups in total. The molecule has 2 aromatic carbocycles. The van der Waals surface area contributed by atoms with E-state index in [1.807, 2.05) is 36.4 Å². The summed E-state index contributed by atoms with van der Waals surface area (Å²) in [5.74, 6) is -0.148. The van der Waals surface area contributed by atoms with E-state index in [9.17, 15) is 9.59 Å². The van der Waals surface area contributed by atoms with Crippen molar-refractivity contribution in [1.82, 2.24) is 4.98 Å². The number of ether oxygens (including phenoxy) is 2. The van der Waals surface area contributed by atoms with Gasteiger partial charge in [-0.2, -0.15) is 0 Å². The predicted molar refractivity (Wildman–Crippen MR) is 116 cm³/mol. The number of nitrogens with one attached hydrogen (secondary N) is 1. The maximum atomic E-state index is 12.8. The molecule has 30 heavy (non-hydrogen) atoms. The number of pyridine rings is 1. The Kier molecular flexibility index (Phi) is 7.19. The first-order valence-electron chi connectivity index (χ1n) is 9.05. The van der Waals surface area contributed by atoms with Crippen molar-refractivity contribution in [3.8, 4) is 5.75 Å². The monoisotopic (exact) mass is 422 g/mol. The summed E-state index contributed by atoms with van der Waals surface area (Å²) >= 11 is 5.77. The van der Waals surface area contributed by atoms with Gasteiger partial charge in [-0.1, -0.05) is 54.1 Å². The standard InChI is InChI=1S/C23H19ClN2O4/c1-29-19-9-5-6-16(12-19)13-20(17-7-3-2-4-8-17)23(28)30-15-22(27)26-21-11-10-18(24)14-25-21/h2-14H,15H2,1H3,(H,25,26,27). The van der Waals surface area contributed by atoms with Gasteiger partial charge in [-0.15, -0.1) is 0 Å². The van der Waals surface area contributed by atoms with E-state index in [-0.39, 0.29) is 0 Å². The zero-order valence-corrected chi connectivity index (χ0v) is 16.9. The molecule has 0 radical (unpaired) electrons. The molecule has 0 saturated carbocycles. The van der Waals surface area contributed by atoms with Crippen LogP contribution >= 0.6 is 11.6 Å². The molecule has 1 aromatic heterocycles. The highest BCUT2D eigenvalue weighted by Gasteiger charge is 2.16. The van der Waals surface area contributed by atoms with Gasteiger partial charge in [0.05, 0.1) is 17.7 Å². The van der Waals surface area contributed by atoms with Crippen LogP contribution in [-0.4, -0.2) is 30.6 Å². The third-order valence-electron chi connectivity index (χ3n) is 4.04. The molecule has 6 nitrogen and oxygen atoms in total. The van der Waals surface area contributed by atoms with Gasteiger partial charge in [-0.25, -0.2) is 9.78 Å². The summed E-state index contributed by atoms with van der Waals surface area (Å²) in [6.45, 7) is -0.453. The number of rotatable bonds is 7. The van der Waals surface area contributed by atoms with Crippen LogP contribution in [0.1, 0.15) is 11.1 Å². The Bertz CT molecular complexity index is 1050. The summed E-state index contributed by atoms with van der Waals surface area (Å²) in [7, 11) is 1.57. The number of methoxy groups -OCH3 is 1. The van der Waals surface area contributed by atoms with Crippen LogP contribution < -0.4 is 10.1 Å². The highest BCUT2D eigenvalue weighted by Crippen LogP contribution is 2.22. The van der Waals surface area contributed by atoms with Gasteiger partial charge in [0.25, 0.3) is 5.91 Å². The van der Waals surface area contributed by atoms with Gasteiger partial charge in [0, 0.05) is 6.20 Å². The summed E-state index contributed by atoms with van der Waals surface area (Å²) in [6.07, 6.45) is 3.10. The SMILES string of the molecule is COc1cccc(C=C(C(=O)OCC(=O)Nc2ccc(Cl)cn2)c2ccccc2)c1. The molecular formula is C23H19ClN2O4. The number of aromatic nitrogens is 1. The molecule has 7 heteroatoms.